The lowest BCUT2D eigenvalue weighted by Gasteiger charge is -2.27. The van der Waals surface area contributed by atoms with E-state index in [4.69, 9.17) is 21.4 Å². The van der Waals surface area contributed by atoms with Crippen LogP contribution in [0.1, 0.15) is 15.9 Å². The van der Waals surface area contributed by atoms with Crippen LogP contribution in [0.4, 0.5) is 5.82 Å². The van der Waals surface area contributed by atoms with E-state index < -0.39 is 5.97 Å². The van der Waals surface area contributed by atoms with Crippen molar-refractivity contribution in [2.24, 2.45) is 0 Å². The highest BCUT2D eigenvalue weighted by molar-refractivity contribution is 7.98. The second-order valence-electron chi connectivity index (χ2n) is 5.23. The molecule has 0 spiro atoms. The predicted molar refractivity (Wildman–Crippen MR) is 93.0 cm³/mol. The van der Waals surface area contributed by atoms with Gasteiger partial charge in [-0.05, 0) is 17.7 Å². The fourth-order valence-corrected chi connectivity index (χ4v) is 3.37. The molecule has 2 heterocycles. The van der Waals surface area contributed by atoms with Gasteiger partial charge < -0.3 is 14.7 Å². The lowest BCUT2D eigenvalue weighted by atomic mass is 10.1. The van der Waals surface area contributed by atoms with E-state index in [0.29, 0.717) is 29.3 Å². The largest absolute Gasteiger partial charge is 0.478 e. The number of benzene rings is 1. The Morgan fingerprint density at radius 3 is 2.83 bits per heavy atom. The fraction of sp³-hybridized carbons (Fsp3) is 0.312. The van der Waals surface area contributed by atoms with Gasteiger partial charge in [0.15, 0.2) is 5.16 Å². The van der Waals surface area contributed by atoms with Crippen LogP contribution in [0.25, 0.3) is 0 Å². The molecule has 0 atom stereocenters. The van der Waals surface area contributed by atoms with Crippen LogP contribution < -0.4 is 4.90 Å². The molecule has 1 aromatic heterocycles. The first-order valence-electron chi connectivity index (χ1n) is 7.44. The maximum atomic E-state index is 11.0. The first-order chi connectivity index (χ1) is 11.6. The van der Waals surface area contributed by atoms with E-state index in [2.05, 4.69) is 14.9 Å². The van der Waals surface area contributed by atoms with Crippen LogP contribution in [-0.2, 0) is 10.5 Å². The van der Waals surface area contributed by atoms with Gasteiger partial charge in [-0.15, -0.1) is 0 Å². The Hall–Kier alpha value is -1.83. The SMILES string of the molecule is O=C(O)c1cccc(CSc2nc(Cl)cc(N3CCOCC3)n2)c1. The number of nitrogens with zero attached hydrogens (tertiary/aromatic N) is 3. The van der Waals surface area contributed by atoms with E-state index in [0.717, 1.165) is 24.5 Å². The van der Waals surface area contributed by atoms with Crippen LogP contribution in [-0.4, -0.2) is 47.3 Å². The van der Waals surface area contributed by atoms with E-state index in [-0.39, 0.29) is 5.56 Å². The zero-order valence-corrected chi connectivity index (χ0v) is 14.4. The average Bonchev–Trinajstić information content (AvgIpc) is 2.60. The summed E-state index contributed by atoms with van der Waals surface area (Å²) in [7, 11) is 0. The van der Waals surface area contributed by atoms with E-state index in [1.165, 1.54) is 11.8 Å². The molecular weight excluding hydrogens is 350 g/mol. The number of hydrogen-bond acceptors (Lipinski definition) is 6. The Kier molecular flexibility index (Phi) is 5.55. The van der Waals surface area contributed by atoms with Crippen molar-refractivity contribution in [3.05, 3.63) is 46.6 Å². The summed E-state index contributed by atoms with van der Waals surface area (Å²) in [5.74, 6) is 0.430. The van der Waals surface area contributed by atoms with Crippen molar-refractivity contribution in [2.45, 2.75) is 10.9 Å². The lowest BCUT2D eigenvalue weighted by molar-refractivity contribution is 0.0696. The van der Waals surface area contributed by atoms with Gasteiger partial charge in [0.25, 0.3) is 0 Å². The number of carboxylic acid groups (broad SMARTS) is 1. The minimum absolute atomic E-state index is 0.272. The monoisotopic (exact) mass is 365 g/mol. The van der Waals surface area contributed by atoms with Gasteiger partial charge in [-0.2, -0.15) is 0 Å². The van der Waals surface area contributed by atoms with Gasteiger partial charge in [-0.3, -0.25) is 0 Å². The van der Waals surface area contributed by atoms with Crippen LogP contribution in [0.2, 0.25) is 5.15 Å². The topological polar surface area (TPSA) is 75.5 Å². The van der Waals surface area contributed by atoms with Crippen molar-refractivity contribution >= 4 is 35.1 Å². The van der Waals surface area contributed by atoms with Gasteiger partial charge in [-0.25, -0.2) is 14.8 Å². The molecule has 1 fully saturated rings. The Bertz CT molecular complexity index is 738. The van der Waals surface area contributed by atoms with Gasteiger partial charge in [0.2, 0.25) is 0 Å². The quantitative estimate of drug-likeness (QED) is 0.496. The van der Waals surface area contributed by atoms with Crippen LogP contribution in [0.15, 0.2) is 35.5 Å². The number of anilines is 1. The number of ether oxygens (including phenoxy) is 1. The summed E-state index contributed by atoms with van der Waals surface area (Å²) in [5, 5.41) is 10.0. The summed E-state index contributed by atoms with van der Waals surface area (Å²) in [5.41, 5.74) is 1.17. The number of carboxylic acids is 1. The molecule has 0 radical (unpaired) electrons. The van der Waals surface area contributed by atoms with E-state index >= 15 is 0 Å². The average molecular weight is 366 g/mol. The van der Waals surface area contributed by atoms with Gasteiger partial charge in [0.1, 0.15) is 11.0 Å². The van der Waals surface area contributed by atoms with E-state index in [9.17, 15) is 4.79 Å². The molecule has 0 saturated carbocycles. The number of aromatic carboxylic acids is 1. The minimum Gasteiger partial charge on any atom is -0.478 e. The normalized spacial score (nSPS) is 14.6. The second kappa shape index (κ2) is 7.83. The molecule has 6 nitrogen and oxygen atoms in total. The summed E-state index contributed by atoms with van der Waals surface area (Å²) < 4.78 is 5.35. The number of morpholine rings is 1. The highest BCUT2D eigenvalue weighted by Crippen LogP contribution is 2.25. The third-order valence-electron chi connectivity index (χ3n) is 3.54. The smallest absolute Gasteiger partial charge is 0.335 e. The third kappa shape index (κ3) is 4.37. The second-order valence-corrected chi connectivity index (χ2v) is 6.55. The zero-order valence-electron chi connectivity index (χ0n) is 12.8. The van der Waals surface area contributed by atoms with Crippen LogP contribution >= 0.6 is 23.4 Å². The van der Waals surface area contributed by atoms with Crippen molar-refractivity contribution < 1.29 is 14.6 Å². The molecule has 1 saturated heterocycles. The molecule has 3 rings (SSSR count). The van der Waals surface area contributed by atoms with Crippen LogP contribution in [0, 0.1) is 0 Å². The molecule has 0 amide bonds. The molecule has 0 bridgehead atoms. The van der Waals surface area contributed by atoms with Gasteiger partial charge in [0, 0.05) is 24.9 Å². The van der Waals surface area contributed by atoms with Crippen molar-refractivity contribution in [1.29, 1.82) is 0 Å². The number of rotatable bonds is 5. The first-order valence-corrected chi connectivity index (χ1v) is 8.80. The summed E-state index contributed by atoms with van der Waals surface area (Å²) in [6, 6.07) is 8.60. The van der Waals surface area contributed by atoms with Crippen molar-refractivity contribution in [1.82, 2.24) is 9.97 Å². The van der Waals surface area contributed by atoms with E-state index in [1.807, 2.05) is 6.07 Å². The molecule has 1 aliphatic rings. The molecule has 0 unspecified atom stereocenters. The third-order valence-corrected chi connectivity index (χ3v) is 4.65. The molecule has 126 valence electrons. The molecule has 1 N–H and O–H groups in total. The predicted octanol–water partition coefficient (Wildman–Crippen LogP) is 2.96. The molecular formula is C16H16ClN3O3S. The van der Waals surface area contributed by atoms with Crippen molar-refractivity contribution in [3.63, 3.8) is 0 Å². The standard InChI is InChI=1S/C16H16ClN3O3S/c17-13-9-14(20-4-6-23-7-5-20)19-16(18-13)24-10-11-2-1-3-12(8-11)15(21)22/h1-3,8-9H,4-7,10H2,(H,21,22). The highest BCUT2D eigenvalue weighted by Gasteiger charge is 2.15. The Labute approximate surface area is 148 Å². The molecule has 1 aliphatic heterocycles. The number of aromatic nitrogens is 2. The van der Waals surface area contributed by atoms with Crippen LogP contribution in [0.3, 0.4) is 0 Å². The highest BCUT2D eigenvalue weighted by atomic mass is 35.5. The van der Waals surface area contributed by atoms with Gasteiger partial charge in [-0.1, -0.05) is 35.5 Å². The van der Waals surface area contributed by atoms with Gasteiger partial charge in [0.05, 0.1) is 18.8 Å². The maximum Gasteiger partial charge on any atom is 0.335 e. The molecule has 0 aliphatic carbocycles. The van der Waals surface area contributed by atoms with Crippen molar-refractivity contribution in [2.75, 3.05) is 31.2 Å². The summed E-state index contributed by atoms with van der Waals surface area (Å²) in [6.07, 6.45) is 0. The number of thioether (sulfide) groups is 1. The van der Waals surface area contributed by atoms with Crippen LogP contribution in [0.5, 0.6) is 0 Å². The fourth-order valence-electron chi connectivity index (χ4n) is 2.35. The zero-order chi connectivity index (χ0) is 16.9. The Balaban J connectivity index is 1.72. The number of hydrogen-bond donors (Lipinski definition) is 1. The van der Waals surface area contributed by atoms with Gasteiger partial charge >= 0.3 is 5.97 Å². The summed E-state index contributed by atoms with van der Waals surface area (Å²) >= 11 is 7.55. The molecule has 24 heavy (non-hydrogen) atoms. The first kappa shape index (κ1) is 17.0. The molecule has 2 aromatic rings. The number of halogens is 1. The molecule has 1 aromatic carbocycles. The summed E-state index contributed by atoms with van der Waals surface area (Å²) in [6.45, 7) is 2.90. The minimum atomic E-state index is -0.935. The Morgan fingerprint density at radius 1 is 1.29 bits per heavy atom. The van der Waals surface area contributed by atoms with Crippen molar-refractivity contribution in [3.8, 4) is 0 Å². The molecule has 8 heteroatoms. The Morgan fingerprint density at radius 2 is 2.08 bits per heavy atom. The summed E-state index contributed by atoms with van der Waals surface area (Å²) in [4.78, 5) is 21.9. The lowest BCUT2D eigenvalue weighted by Crippen LogP contribution is -2.36. The number of carbonyl (C=O) groups is 1. The maximum absolute atomic E-state index is 11.0. The van der Waals surface area contributed by atoms with E-state index in [1.54, 1.807) is 24.3 Å².